The van der Waals surface area contributed by atoms with E-state index in [1.807, 2.05) is 48.5 Å². The second kappa shape index (κ2) is 12.9. The van der Waals surface area contributed by atoms with Gasteiger partial charge < -0.3 is 14.6 Å². The lowest BCUT2D eigenvalue weighted by molar-refractivity contribution is -0.131. The predicted octanol–water partition coefficient (Wildman–Crippen LogP) is 6.54. The smallest absolute Gasteiger partial charge is 0.328 e. The average Bonchev–Trinajstić information content (AvgIpc) is 2.82. The molecule has 1 heterocycles. The second-order valence-corrected chi connectivity index (χ2v) is 8.74. The number of carbonyl (C=O) groups is 1. The quantitative estimate of drug-likeness (QED) is 0.179. The average molecular weight is 484 g/mol. The van der Waals surface area contributed by atoms with Crippen molar-refractivity contribution in [1.29, 1.82) is 0 Å². The van der Waals surface area contributed by atoms with Crippen LogP contribution < -0.4 is 9.47 Å². The number of aliphatic carboxylic acids is 1. The van der Waals surface area contributed by atoms with Crippen LogP contribution in [0.2, 0.25) is 5.02 Å². The molecule has 0 bridgehead atoms. The van der Waals surface area contributed by atoms with Gasteiger partial charge in [0.15, 0.2) is 0 Å². The van der Waals surface area contributed by atoms with Crippen molar-refractivity contribution in [2.24, 2.45) is 0 Å². The van der Waals surface area contributed by atoms with Crippen molar-refractivity contribution in [2.75, 3.05) is 13.7 Å². The Balaban J connectivity index is 1.55. The molecule has 1 N–H and O–H groups in total. The number of carboxylic acid groups (broad SMARTS) is 1. The standard InChI is InChI=1S/C26H26ClNO4S/c1-31-22-11-8-19(9-12-22)5-2-3-16-32-25-14-10-21(28-24(25)13-15-26(29)30)18-33-23-7-4-6-20(27)17-23/h4,6-15,17H,2-3,5,16,18H2,1H3,(H,29,30)/b15-13+. The summed E-state index contributed by atoms with van der Waals surface area (Å²) in [6, 6.07) is 19.5. The first-order valence-corrected chi connectivity index (χ1v) is 11.9. The summed E-state index contributed by atoms with van der Waals surface area (Å²) in [7, 11) is 1.66. The Kier molecular flexibility index (Phi) is 9.66. The van der Waals surface area contributed by atoms with Gasteiger partial charge in [-0.15, -0.1) is 11.8 Å². The predicted molar refractivity (Wildman–Crippen MR) is 133 cm³/mol. The van der Waals surface area contributed by atoms with Gasteiger partial charge >= 0.3 is 5.97 Å². The van der Waals surface area contributed by atoms with Crippen LogP contribution in [0.5, 0.6) is 11.5 Å². The maximum atomic E-state index is 11.0. The zero-order valence-corrected chi connectivity index (χ0v) is 19.9. The molecule has 5 nitrogen and oxygen atoms in total. The SMILES string of the molecule is COc1ccc(CCCCOc2ccc(CSc3cccc(Cl)c3)nc2/C=C/C(=O)O)cc1. The molecule has 2 aromatic carbocycles. The van der Waals surface area contributed by atoms with E-state index in [0.29, 0.717) is 28.8 Å². The van der Waals surface area contributed by atoms with Gasteiger partial charge in [-0.05, 0) is 73.4 Å². The van der Waals surface area contributed by atoms with Gasteiger partial charge in [0.1, 0.15) is 17.2 Å². The summed E-state index contributed by atoms with van der Waals surface area (Å²) in [5, 5.41) is 9.71. The summed E-state index contributed by atoms with van der Waals surface area (Å²) < 4.78 is 11.1. The highest BCUT2D eigenvalue weighted by Crippen LogP contribution is 2.27. The molecule has 3 rings (SSSR count). The van der Waals surface area contributed by atoms with Crippen LogP contribution in [-0.2, 0) is 17.0 Å². The van der Waals surface area contributed by atoms with Crippen LogP contribution in [0.1, 0.15) is 29.8 Å². The fourth-order valence-electron chi connectivity index (χ4n) is 3.10. The van der Waals surface area contributed by atoms with Gasteiger partial charge in [-0.1, -0.05) is 29.8 Å². The zero-order chi connectivity index (χ0) is 23.5. The van der Waals surface area contributed by atoms with Gasteiger partial charge in [0.05, 0.1) is 19.4 Å². The van der Waals surface area contributed by atoms with Crippen LogP contribution in [-0.4, -0.2) is 29.8 Å². The van der Waals surface area contributed by atoms with Crippen LogP contribution in [0.3, 0.4) is 0 Å². The summed E-state index contributed by atoms with van der Waals surface area (Å²) in [5.74, 6) is 1.04. The molecule has 1 aromatic heterocycles. The van der Waals surface area contributed by atoms with Crippen molar-refractivity contribution in [3.05, 3.63) is 88.7 Å². The minimum absolute atomic E-state index is 0.511. The molecule has 0 unspecified atom stereocenters. The van der Waals surface area contributed by atoms with Crippen molar-refractivity contribution < 1.29 is 19.4 Å². The largest absolute Gasteiger partial charge is 0.497 e. The molecule has 33 heavy (non-hydrogen) atoms. The first kappa shape index (κ1) is 24.7. The van der Waals surface area contributed by atoms with E-state index >= 15 is 0 Å². The summed E-state index contributed by atoms with van der Waals surface area (Å²) in [4.78, 5) is 16.7. The summed E-state index contributed by atoms with van der Waals surface area (Å²) >= 11 is 7.66. The number of ether oxygens (including phenoxy) is 2. The molecule has 0 spiro atoms. The van der Waals surface area contributed by atoms with E-state index in [-0.39, 0.29) is 0 Å². The molecule has 0 saturated carbocycles. The number of methoxy groups -OCH3 is 1. The monoisotopic (exact) mass is 483 g/mol. The molecular weight excluding hydrogens is 458 g/mol. The molecule has 172 valence electrons. The van der Waals surface area contributed by atoms with E-state index in [2.05, 4.69) is 17.1 Å². The van der Waals surface area contributed by atoms with Crippen molar-refractivity contribution in [3.8, 4) is 11.5 Å². The second-order valence-electron chi connectivity index (χ2n) is 7.26. The van der Waals surface area contributed by atoms with Crippen LogP contribution >= 0.6 is 23.4 Å². The third kappa shape index (κ3) is 8.48. The topological polar surface area (TPSA) is 68.7 Å². The van der Waals surface area contributed by atoms with E-state index in [9.17, 15) is 4.79 Å². The number of nitrogens with zero attached hydrogens (tertiary/aromatic N) is 1. The van der Waals surface area contributed by atoms with Crippen LogP contribution in [0.15, 0.2) is 71.6 Å². The number of halogens is 1. The van der Waals surface area contributed by atoms with E-state index < -0.39 is 5.97 Å². The zero-order valence-electron chi connectivity index (χ0n) is 18.4. The summed E-state index contributed by atoms with van der Waals surface area (Å²) in [5.41, 5.74) is 2.60. The lowest BCUT2D eigenvalue weighted by atomic mass is 10.1. The Morgan fingerprint density at radius 1 is 1.12 bits per heavy atom. The van der Waals surface area contributed by atoms with E-state index in [4.69, 9.17) is 26.2 Å². The first-order valence-electron chi connectivity index (χ1n) is 10.6. The number of benzene rings is 2. The van der Waals surface area contributed by atoms with Crippen LogP contribution in [0.25, 0.3) is 6.08 Å². The highest BCUT2D eigenvalue weighted by molar-refractivity contribution is 7.98. The van der Waals surface area contributed by atoms with Crippen LogP contribution in [0.4, 0.5) is 0 Å². The van der Waals surface area contributed by atoms with Crippen molar-refractivity contribution in [1.82, 2.24) is 4.98 Å². The molecule has 0 atom stereocenters. The van der Waals surface area contributed by atoms with Gasteiger partial charge in [-0.25, -0.2) is 9.78 Å². The molecule has 0 radical (unpaired) electrons. The maximum absolute atomic E-state index is 11.0. The number of carboxylic acids is 1. The number of aryl methyl sites for hydroxylation is 1. The van der Waals surface area contributed by atoms with E-state index in [1.54, 1.807) is 18.9 Å². The van der Waals surface area contributed by atoms with Gasteiger partial charge in [0, 0.05) is 21.7 Å². The lowest BCUT2D eigenvalue weighted by Gasteiger charge is -2.11. The summed E-state index contributed by atoms with van der Waals surface area (Å²) in [6.07, 6.45) is 5.36. The number of unbranched alkanes of at least 4 members (excludes halogenated alkanes) is 1. The van der Waals surface area contributed by atoms with Crippen LogP contribution in [0, 0.1) is 0 Å². The molecule has 0 aliphatic heterocycles. The van der Waals surface area contributed by atoms with Crippen molar-refractivity contribution >= 4 is 35.4 Å². The summed E-state index contributed by atoms with van der Waals surface area (Å²) in [6.45, 7) is 0.530. The minimum Gasteiger partial charge on any atom is -0.497 e. The Labute approximate surface area is 203 Å². The Morgan fingerprint density at radius 2 is 1.94 bits per heavy atom. The Morgan fingerprint density at radius 3 is 2.67 bits per heavy atom. The van der Waals surface area contributed by atoms with Gasteiger partial charge in [-0.3, -0.25) is 0 Å². The molecule has 0 saturated heterocycles. The molecule has 3 aromatic rings. The third-order valence-electron chi connectivity index (χ3n) is 4.79. The van der Waals surface area contributed by atoms with Gasteiger partial charge in [0.2, 0.25) is 0 Å². The Bertz CT molecular complexity index is 1090. The number of rotatable bonds is 12. The van der Waals surface area contributed by atoms with Crippen molar-refractivity contribution in [2.45, 2.75) is 29.9 Å². The molecule has 0 aliphatic carbocycles. The molecular formula is C26H26ClNO4S. The molecule has 7 heteroatoms. The van der Waals surface area contributed by atoms with Gasteiger partial charge in [0.25, 0.3) is 0 Å². The maximum Gasteiger partial charge on any atom is 0.328 e. The Hall–Kier alpha value is -2.96. The highest BCUT2D eigenvalue weighted by atomic mass is 35.5. The van der Waals surface area contributed by atoms with E-state index in [1.165, 1.54) is 11.6 Å². The number of aromatic nitrogens is 1. The third-order valence-corrected chi connectivity index (χ3v) is 6.05. The van der Waals surface area contributed by atoms with Gasteiger partial charge in [-0.2, -0.15) is 0 Å². The fourth-order valence-corrected chi connectivity index (χ4v) is 4.21. The minimum atomic E-state index is -1.03. The highest BCUT2D eigenvalue weighted by Gasteiger charge is 2.07. The molecule has 0 fully saturated rings. The fraction of sp³-hybridized carbons (Fsp3) is 0.231. The lowest BCUT2D eigenvalue weighted by Crippen LogP contribution is -2.02. The van der Waals surface area contributed by atoms with E-state index in [0.717, 1.165) is 41.7 Å². The number of hydrogen-bond acceptors (Lipinski definition) is 5. The molecule has 0 amide bonds. The molecule has 0 aliphatic rings. The first-order chi connectivity index (χ1) is 16.0. The van der Waals surface area contributed by atoms with Crippen molar-refractivity contribution in [3.63, 3.8) is 0 Å². The number of hydrogen-bond donors (Lipinski definition) is 1. The normalized spacial score (nSPS) is 11.0. The number of thioether (sulfide) groups is 1. The number of pyridine rings is 1.